The fraction of sp³-hybridized carbons (Fsp3) is 0.447. The quantitative estimate of drug-likeness (QED) is 0.0912. The summed E-state index contributed by atoms with van der Waals surface area (Å²) in [7, 11) is 0. The number of thiophene rings is 1. The molecule has 5 nitrogen and oxygen atoms in total. The van der Waals surface area contributed by atoms with E-state index in [9.17, 15) is 9.90 Å². The predicted octanol–water partition coefficient (Wildman–Crippen LogP) is 11.1. The zero-order chi connectivity index (χ0) is 36.5. The molecule has 1 aromatic carbocycles. The zero-order valence-corrected chi connectivity index (χ0v) is 30.6. The van der Waals surface area contributed by atoms with Crippen molar-refractivity contribution in [1.29, 1.82) is 0 Å². The van der Waals surface area contributed by atoms with E-state index in [4.69, 9.17) is 16.3 Å². The standard InChI is InChI=1S/C25H23N2OS.C13H24O2.Ir/c1-14-9-10-17-16-7-6-8-19(22(16)28-23(17)26-14)21-12-11-18-20(13-25(3,4)5)15(2)29-24(18)27-21;1-5-10(6-2)12(14)9-13(15)11(7-3)8-4;/h6-7,9-12H,13H2,1-5H3;9-11,14H,5-8H2,1-4H3;/q-1;;/b;12-9-;/i1D3,13D2;;. The van der Waals surface area contributed by atoms with Crippen molar-refractivity contribution in [2.24, 2.45) is 17.3 Å². The van der Waals surface area contributed by atoms with Crippen molar-refractivity contribution in [2.75, 3.05) is 0 Å². The number of aromatic nitrogens is 2. The molecule has 0 aliphatic rings. The van der Waals surface area contributed by atoms with E-state index in [-0.39, 0.29) is 54.9 Å². The number of carbonyl (C=O) groups excluding carboxylic acids is 1. The van der Waals surface area contributed by atoms with Gasteiger partial charge in [-0.1, -0.05) is 71.5 Å². The van der Waals surface area contributed by atoms with Crippen LogP contribution in [0.25, 0.3) is 43.5 Å². The molecule has 0 unspecified atom stereocenters. The van der Waals surface area contributed by atoms with Crippen molar-refractivity contribution in [3.05, 3.63) is 70.4 Å². The van der Waals surface area contributed by atoms with Gasteiger partial charge in [0.1, 0.15) is 4.83 Å². The number of fused-ring (bicyclic) bond motifs is 4. The molecule has 0 fully saturated rings. The minimum Gasteiger partial charge on any atom is -0.512 e. The molecule has 0 amide bonds. The maximum atomic E-state index is 11.7. The van der Waals surface area contributed by atoms with Crippen LogP contribution in [0.2, 0.25) is 0 Å². The van der Waals surface area contributed by atoms with Gasteiger partial charge >= 0.3 is 0 Å². The number of hydrogen-bond acceptors (Lipinski definition) is 6. The van der Waals surface area contributed by atoms with Crippen LogP contribution < -0.4 is 0 Å². The monoisotopic (exact) mass is 809 g/mol. The van der Waals surface area contributed by atoms with Gasteiger partial charge in [0.05, 0.1) is 11.3 Å². The number of pyridine rings is 2. The van der Waals surface area contributed by atoms with Gasteiger partial charge < -0.3 is 9.52 Å². The topological polar surface area (TPSA) is 76.2 Å². The van der Waals surface area contributed by atoms with Crippen molar-refractivity contribution >= 4 is 49.4 Å². The number of allylic oxidation sites excluding steroid dienone is 2. The van der Waals surface area contributed by atoms with E-state index in [1.165, 1.54) is 23.5 Å². The van der Waals surface area contributed by atoms with Gasteiger partial charge in [0.15, 0.2) is 5.78 Å². The summed E-state index contributed by atoms with van der Waals surface area (Å²) in [6, 6.07) is 13.9. The van der Waals surface area contributed by atoms with E-state index in [1.54, 1.807) is 12.1 Å². The van der Waals surface area contributed by atoms with Crippen molar-refractivity contribution in [3.8, 4) is 11.3 Å². The molecule has 243 valence electrons. The number of benzene rings is 1. The number of carbonyl (C=O) groups is 1. The van der Waals surface area contributed by atoms with Gasteiger partial charge in [-0.15, -0.1) is 29.5 Å². The molecule has 5 aromatic rings. The number of rotatable bonds is 9. The smallest absolute Gasteiger partial charge is 0.216 e. The zero-order valence-electron chi connectivity index (χ0n) is 32.4. The van der Waals surface area contributed by atoms with Gasteiger partial charge in [-0.2, -0.15) is 0 Å². The number of hydrogen-bond donors (Lipinski definition) is 1. The van der Waals surface area contributed by atoms with Crippen LogP contribution in [0.15, 0.2) is 52.7 Å². The molecule has 5 rings (SSSR count). The van der Waals surface area contributed by atoms with Gasteiger partial charge in [0, 0.05) is 66.2 Å². The molecule has 0 saturated carbocycles. The molecule has 0 aliphatic heterocycles. The Morgan fingerprint density at radius 3 is 2.31 bits per heavy atom. The fourth-order valence-electron chi connectivity index (χ4n) is 5.36. The van der Waals surface area contributed by atoms with Crippen LogP contribution in [0.3, 0.4) is 0 Å². The molecule has 1 N–H and O–H groups in total. The Morgan fingerprint density at radius 1 is 1.02 bits per heavy atom. The van der Waals surface area contributed by atoms with Crippen LogP contribution in [0.5, 0.6) is 0 Å². The molecule has 0 aliphatic carbocycles. The summed E-state index contributed by atoms with van der Waals surface area (Å²) in [4.78, 5) is 22.5. The average molecular weight is 809 g/mol. The summed E-state index contributed by atoms with van der Waals surface area (Å²) in [5.41, 5.74) is 2.21. The number of furan rings is 1. The summed E-state index contributed by atoms with van der Waals surface area (Å²) in [5, 5.41) is 12.1. The Hall–Kier alpha value is -2.86. The first-order valence-electron chi connectivity index (χ1n) is 18.0. The Bertz CT molecular complexity index is 1980. The Labute approximate surface area is 292 Å². The first-order valence-corrected chi connectivity index (χ1v) is 16.3. The molecule has 0 saturated heterocycles. The first-order chi connectivity index (χ1) is 22.9. The molecular formula is C38H47IrN2O3S-. The van der Waals surface area contributed by atoms with Gasteiger partial charge in [-0.25, -0.2) is 4.98 Å². The molecule has 0 atom stereocenters. The predicted molar refractivity (Wildman–Crippen MR) is 185 cm³/mol. The largest absolute Gasteiger partial charge is 0.512 e. The van der Waals surface area contributed by atoms with Gasteiger partial charge in [-0.3, -0.25) is 9.78 Å². The Kier molecular flexibility index (Phi) is 10.3. The van der Waals surface area contributed by atoms with E-state index in [0.717, 1.165) is 51.5 Å². The molecule has 0 spiro atoms. The summed E-state index contributed by atoms with van der Waals surface area (Å²) in [5.74, 6) is 0.547. The van der Waals surface area contributed by atoms with Crippen LogP contribution in [0.4, 0.5) is 0 Å². The summed E-state index contributed by atoms with van der Waals surface area (Å²) >= 11 is 1.48. The maximum Gasteiger partial charge on any atom is 0.216 e. The number of aryl methyl sites for hydroxylation is 2. The minimum absolute atomic E-state index is 0. The number of nitrogens with zero attached hydrogens (tertiary/aromatic N) is 2. The third-order valence-corrected chi connectivity index (χ3v) is 8.88. The molecule has 45 heavy (non-hydrogen) atoms. The van der Waals surface area contributed by atoms with Crippen LogP contribution in [-0.4, -0.2) is 20.9 Å². The number of aliphatic hydroxyl groups is 1. The van der Waals surface area contributed by atoms with Crippen molar-refractivity contribution in [2.45, 2.75) is 94.3 Å². The van der Waals surface area contributed by atoms with Crippen molar-refractivity contribution in [3.63, 3.8) is 0 Å². The number of ketones is 1. The molecule has 4 heterocycles. The minimum atomic E-state index is -2.32. The van der Waals surface area contributed by atoms with Gasteiger partial charge in [0.25, 0.3) is 0 Å². The normalized spacial score (nSPS) is 14.4. The third kappa shape index (κ3) is 8.49. The van der Waals surface area contributed by atoms with Crippen LogP contribution in [0.1, 0.15) is 97.1 Å². The van der Waals surface area contributed by atoms with E-state index >= 15 is 0 Å². The van der Waals surface area contributed by atoms with Gasteiger partial charge in [0.2, 0.25) is 5.71 Å². The number of aliphatic hydroxyl groups excluding tert-OH is 1. The Morgan fingerprint density at radius 2 is 1.69 bits per heavy atom. The third-order valence-electron chi connectivity index (χ3n) is 7.87. The molecule has 0 bridgehead atoms. The van der Waals surface area contributed by atoms with Crippen LogP contribution in [-0.2, 0) is 31.3 Å². The SMILES string of the molecule is CCC(CC)C(=O)/C=C(\O)C(CC)CC.[2H]C([2H])([2H])c1ccc2c(n1)oc1c(-c3ccc4c(C([2H])([2H])C(C)(C)C)c(C)sc4n3)[c-]ccc12.[Ir]. The van der Waals surface area contributed by atoms with Crippen molar-refractivity contribution in [1.82, 2.24) is 9.97 Å². The van der Waals surface area contributed by atoms with E-state index < -0.39 is 18.6 Å². The first kappa shape index (κ1) is 29.5. The molecule has 4 aromatic heterocycles. The molecule has 7 heteroatoms. The van der Waals surface area contributed by atoms with E-state index in [0.29, 0.717) is 22.4 Å². The fourth-order valence-corrected chi connectivity index (χ4v) is 6.33. The Balaban J connectivity index is 0.000000361. The molecular weight excluding hydrogens is 757 g/mol. The van der Waals surface area contributed by atoms with Gasteiger partial charge in [-0.05, 0) is 74.6 Å². The molecule has 1 radical (unpaired) electrons. The summed E-state index contributed by atoms with van der Waals surface area (Å²) in [6.45, 7) is 13.4. The summed E-state index contributed by atoms with van der Waals surface area (Å²) < 4.78 is 46.5. The van der Waals surface area contributed by atoms with E-state index in [2.05, 4.69) is 11.1 Å². The van der Waals surface area contributed by atoms with E-state index in [1.807, 2.05) is 73.6 Å². The second kappa shape index (κ2) is 15.6. The average Bonchev–Trinajstić information content (AvgIpc) is 3.57. The van der Waals surface area contributed by atoms with Crippen LogP contribution >= 0.6 is 11.3 Å². The van der Waals surface area contributed by atoms with Crippen LogP contribution in [0, 0.1) is 37.1 Å². The maximum absolute atomic E-state index is 11.7. The second-order valence-corrected chi connectivity index (χ2v) is 13.4. The summed E-state index contributed by atoms with van der Waals surface area (Å²) in [6.07, 6.45) is 3.39. The second-order valence-electron chi connectivity index (χ2n) is 12.2. The van der Waals surface area contributed by atoms with Crippen molar-refractivity contribution < 1.29 is 41.3 Å².